The molecule has 0 aliphatic rings. The summed E-state index contributed by atoms with van der Waals surface area (Å²) in [6, 6.07) is 10.2. The first-order valence-electron chi connectivity index (χ1n) is 4.72. The van der Waals surface area contributed by atoms with Gasteiger partial charge < -0.3 is 5.21 Å². The molecular weight excluding hydrogens is 193 g/mol. The van der Waals surface area contributed by atoms with E-state index in [1.165, 1.54) is 5.56 Å². The van der Waals surface area contributed by atoms with Gasteiger partial charge in [-0.3, -0.25) is 0 Å². The van der Waals surface area contributed by atoms with Gasteiger partial charge in [0.2, 0.25) is 0 Å². The van der Waals surface area contributed by atoms with E-state index >= 15 is 0 Å². The molecule has 0 spiro atoms. The highest BCUT2D eigenvalue weighted by atomic mass is 31.1. The summed E-state index contributed by atoms with van der Waals surface area (Å²) in [5, 5.41) is 12.1. The number of hydrogen-bond donors (Lipinski definition) is 1. The van der Waals surface area contributed by atoms with E-state index in [9.17, 15) is 0 Å². The molecule has 1 aromatic carbocycles. The maximum absolute atomic E-state index is 8.77. The summed E-state index contributed by atoms with van der Waals surface area (Å²) in [6.07, 6.45) is 0.824. The van der Waals surface area contributed by atoms with Crippen molar-refractivity contribution in [3.05, 3.63) is 35.9 Å². The Hall–Kier alpha value is -1.01. The van der Waals surface area contributed by atoms with Crippen LogP contribution in [0.3, 0.4) is 0 Å². The van der Waals surface area contributed by atoms with Gasteiger partial charge in [0.25, 0.3) is 0 Å². The fourth-order valence-corrected chi connectivity index (χ4v) is 2.89. The van der Waals surface area contributed by atoms with Crippen LogP contribution in [-0.2, 0) is 0 Å². The second kappa shape index (κ2) is 5.66. The summed E-state index contributed by atoms with van der Waals surface area (Å²) >= 11 is 0. The van der Waals surface area contributed by atoms with Crippen LogP contribution >= 0.6 is 7.55 Å². The summed E-state index contributed by atoms with van der Waals surface area (Å²) in [7, 11) is -0.807. The van der Waals surface area contributed by atoms with Crippen molar-refractivity contribution >= 4 is 18.8 Å². The molecule has 1 aromatic rings. The number of hydrogen-bond acceptors (Lipinski definition) is 2. The van der Waals surface area contributed by atoms with Gasteiger partial charge in [0.15, 0.2) is 0 Å². The summed E-state index contributed by atoms with van der Waals surface area (Å²) < 4.78 is 0. The maximum atomic E-state index is 8.77. The van der Waals surface area contributed by atoms with Crippen molar-refractivity contribution in [2.24, 2.45) is 5.16 Å². The first kappa shape index (κ1) is 11.1. The van der Waals surface area contributed by atoms with Gasteiger partial charge in [0.05, 0.1) is 5.45 Å². The number of nitrogens with zero attached hydrogens (tertiary/aromatic N) is 1. The highest BCUT2D eigenvalue weighted by Gasteiger charge is 1.97. The lowest BCUT2D eigenvalue weighted by atomic mass is 10.2. The Morgan fingerprint density at radius 1 is 1.43 bits per heavy atom. The fourth-order valence-electron chi connectivity index (χ4n) is 1.31. The van der Waals surface area contributed by atoms with Crippen molar-refractivity contribution in [1.29, 1.82) is 0 Å². The number of rotatable bonds is 3. The van der Waals surface area contributed by atoms with Crippen LogP contribution in [0.5, 0.6) is 0 Å². The predicted octanol–water partition coefficient (Wildman–Crippen LogP) is 2.88. The average molecular weight is 209 g/mol. The van der Waals surface area contributed by atoms with Crippen molar-refractivity contribution in [2.45, 2.75) is 13.3 Å². The molecule has 76 valence electrons. The first-order valence-corrected chi connectivity index (χ1v) is 6.80. The summed E-state index contributed by atoms with van der Waals surface area (Å²) in [5.41, 5.74) is 2.12. The molecule has 0 fully saturated rings. The standard InChI is InChI=1S/C11H16NOP/c1-3-11(12-13)14(2)9-10-7-5-4-6-8-10/h4-9,13-14H,3H2,1-2H3/b12-11+. The maximum Gasteiger partial charge on any atom is 0.0759 e. The molecule has 0 aromatic heterocycles. The molecule has 0 aliphatic heterocycles. The predicted molar refractivity (Wildman–Crippen MR) is 65.4 cm³/mol. The molecule has 0 aliphatic carbocycles. The number of oxime groups is 1. The molecule has 1 unspecified atom stereocenters. The summed E-state index contributed by atoms with van der Waals surface area (Å²) in [4.78, 5) is 0. The van der Waals surface area contributed by atoms with Gasteiger partial charge >= 0.3 is 0 Å². The Morgan fingerprint density at radius 2 is 2.07 bits per heavy atom. The molecule has 0 saturated carbocycles. The molecule has 1 rings (SSSR count). The lowest BCUT2D eigenvalue weighted by Crippen LogP contribution is -1.90. The highest BCUT2D eigenvalue weighted by Crippen LogP contribution is 2.22. The molecule has 0 saturated heterocycles. The van der Waals surface area contributed by atoms with E-state index in [0.29, 0.717) is 0 Å². The van der Waals surface area contributed by atoms with Crippen LogP contribution in [-0.4, -0.2) is 23.1 Å². The van der Waals surface area contributed by atoms with Gasteiger partial charge in [0, 0.05) is 0 Å². The molecule has 14 heavy (non-hydrogen) atoms. The van der Waals surface area contributed by atoms with Gasteiger partial charge in [-0.2, -0.15) is 0 Å². The zero-order valence-corrected chi connectivity index (χ0v) is 9.57. The molecule has 0 amide bonds. The Kier molecular flexibility index (Phi) is 4.48. The van der Waals surface area contributed by atoms with E-state index < -0.39 is 7.55 Å². The highest BCUT2D eigenvalue weighted by molar-refractivity contribution is 7.74. The van der Waals surface area contributed by atoms with E-state index in [1.54, 1.807) is 0 Å². The van der Waals surface area contributed by atoms with Gasteiger partial charge in [-0.25, -0.2) is 0 Å². The van der Waals surface area contributed by atoms with E-state index in [1.807, 2.05) is 25.1 Å². The summed E-state index contributed by atoms with van der Waals surface area (Å²) in [6.45, 7) is 4.15. The Balaban J connectivity index is 2.89. The smallest absolute Gasteiger partial charge is 0.0759 e. The lowest BCUT2D eigenvalue weighted by Gasteiger charge is -2.02. The Morgan fingerprint density at radius 3 is 2.57 bits per heavy atom. The third kappa shape index (κ3) is 3.04. The van der Waals surface area contributed by atoms with Crippen LogP contribution in [0.4, 0.5) is 0 Å². The average Bonchev–Trinajstić information content (AvgIpc) is 2.21. The van der Waals surface area contributed by atoms with Crippen molar-refractivity contribution in [2.75, 3.05) is 6.66 Å². The number of benzene rings is 1. The molecule has 1 N–H and O–H groups in total. The van der Waals surface area contributed by atoms with Crippen LogP contribution in [0.1, 0.15) is 18.9 Å². The summed E-state index contributed by atoms with van der Waals surface area (Å²) in [5.74, 6) is 2.20. The second-order valence-corrected chi connectivity index (χ2v) is 5.37. The van der Waals surface area contributed by atoms with Gasteiger partial charge in [-0.05, 0) is 18.6 Å². The van der Waals surface area contributed by atoms with Crippen molar-refractivity contribution < 1.29 is 5.21 Å². The molecule has 2 nitrogen and oxygen atoms in total. The largest absolute Gasteiger partial charge is 0.411 e. The van der Waals surface area contributed by atoms with Crippen LogP contribution in [0.25, 0.3) is 0 Å². The molecule has 0 bridgehead atoms. The lowest BCUT2D eigenvalue weighted by molar-refractivity contribution is 0.319. The Labute approximate surface area is 85.7 Å². The fraction of sp³-hybridized carbons (Fsp3) is 0.273. The normalized spacial score (nSPS) is 14.3. The van der Waals surface area contributed by atoms with Crippen LogP contribution in [0.2, 0.25) is 0 Å². The van der Waals surface area contributed by atoms with Crippen molar-refractivity contribution in [3.63, 3.8) is 0 Å². The Bertz CT molecular complexity index is 344. The van der Waals surface area contributed by atoms with Gasteiger partial charge in [0.1, 0.15) is 0 Å². The van der Waals surface area contributed by atoms with Crippen LogP contribution in [0.15, 0.2) is 35.5 Å². The van der Waals surface area contributed by atoms with Crippen molar-refractivity contribution in [1.82, 2.24) is 0 Å². The SMILES string of the molecule is CCC(=N\O)/[PH](C)=C/c1ccccc1. The third-order valence-electron chi connectivity index (χ3n) is 2.09. The zero-order valence-electron chi connectivity index (χ0n) is 8.57. The van der Waals surface area contributed by atoms with Gasteiger partial charge in [-0.15, -0.1) is 0 Å². The minimum Gasteiger partial charge on any atom is -0.411 e. The molecule has 0 heterocycles. The third-order valence-corrected chi connectivity index (χ3v) is 4.22. The molecule has 1 atom stereocenters. The first-order chi connectivity index (χ1) is 6.77. The van der Waals surface area contributed by atoms with E-state index in [4.69, 9.17) is 5.21 Å². The quantitative estimate of drug-likeness (QED) is 0.353. The van der Waals surface area contributed by atoms with Crippen LogP contribution in [0, 0.1) is 0 Å². The topological polar surface area (TPSA) is 32.6 Å². The van der Waals surface area contributed by atoms with Crippen molar-refractivity contribution in [3.8, 4) is 0 Å². The van der Waals surface area contributed by atoms with Crippen LogP contribution < -0.4 is 0 Å². The minimum absolute atomic E-state index is 0.807. The van der Waals surface area contributed by atoms with E-state index in [0.717, 1.165) is 11.9 Å². The second-order valence-electron chi connectivity index (χ2n) is 3.14. The molecular formula is C11H16NOP. The van der Waals surface area contributed by atoms with E-state index in [-0.39, 0.29) is 0 Å². The monoisotopic (exact) mass is 209 g/mol. The zero-order chi connectivity index (χ0) is 10.4. The van der Waals surface area contributed by atoms with E-state index in [2.05, 4.69) is 29.7 Å². The minimum atomic E-state index is -0.807. The molecule has 3 heteroatoms. The molecule has 0 radical (unpaired) electrons. The van der Waals surface area contributed by atoms with Gasteiger partial charge in [-0.1, -0.05) is 55.8 Å².